The number of ether oxygens (including phenoxy) is 1. The number of hydrogen-bond donors (Lipinski definition) is 0. The topological polar surface area (TPSA) is 44.9 Å². The average molecular weight is 705 g/mol. The van der Waals surface area contributed by atoms with Crippen LogP contribution in [0.5, 0.6) is 11.5 Å². The summed E-state index contributed by atoms with van der Waals surface area (Å²) < 4.78 is 11.3. The number of para-hydroxylation sites is 1. The van der Waals surface area contributed by atoms with Crippen LogP contribution in [0.25, 0.3) is 38.9 Å². The zero-order chi connectivity index (χ0) is 37.2. The van der Waals surface area contributed by atoms with Crippen LogP contribution in [0.15, 0.2) is 97.2 Å². The number of aromatic nitrogens is 4. The van der Waals surface area contributed by atoms with Crippen LogP contribution in [0, 0.1) is 11.8 Å². The summed E-state index contributed by atoms with van der Waals surface area (Å²) in [6.07, 6.45) is 13.1. The average Bonchev–Trinajstić information content (AvgIpc) is 3.65. The van der Waals surface area contributed by atoms with Crippen LogP contribution in [0.3, 0.4) is 0 Å². The summed E-state index contributed by atoms with van der Waals surface area (Å²) in [5, 5.41) is 7.81. The molecule has 0 N–H and O–H groups in total. The Hall–Kier alpha value is -4.90. The van der Waals surface area contributed by atoms with E-state index in [1.54, 1.807) is 0 Å². The van der Waals surface area contributed by atoms with Crippen molar-refractivity contribution in [3.05, 3.63) is 125 Å². The Morgan fingerprint density at radius 2 is 1.64 bits per heavy atom. The summed E-state index contributed by atoms with van der Waals surface area (Å²) in [6.45, 7) is 20.3. The summed E-state index contributed by atoms with van der Waals surface area (Å²) in [7, 11) is 0. The summed E-state index contributed by atoms with van der Waals surface area (Å²) in [5.74, 6) is 4.06. The molecule has 0 radical (unpaired) electrons. The fourth-order valence-electron chi connectivity index (χ4n) is 8.82. The van der Waals surface area contributed by atoms with Gasteiger partial charge < -0.3 is 4.74 Å². The molecule has 0 aliphatic heterocycles. The highest BCUT2D eigenvalue weighted by Gasteiger charge is 2.33. The first-order chi connectivity index (χ1) is 25.7. The molecule has 0 saturated carbocycles. The van der Waals surface area contributed by atoms with Crippen molar-refractivity contribution in [2.75, 3.05) is 0 Å². The van der Waals surface area contributed by atoms with Gasteiger partial charge in [0, 0.05) is 46.3 Å². The second-order valence-electron chi connectivity index (χ2n) is 15.6. The van der Waals surface area contributed by atoms with E-state index in [1.165, 1.54) is 51.7 Å². The Labute approximate surface area is 316 Å². The zero-order valence-electron chi connectivity index (χ0n) is 32.9. The highest BCUT2D eigenvalue weighted by Crippen LogP contribution is 2.44. The molecule has 3 aromatic heterocycles. The van der Waals surface area contributed by atoms with Crippen molar-refractivity contribution in [3.8, 4) is 23.0 Å². The van der Waals surface area contributed by atoms with Crippen LogP contribution < -0.4 is 4.74 Å². The number of hydrogen-bond acceptors (Lipinski definition) is 3. The van der Waals surface area contributed by atoms with Gasteiger partial charge >= 0.3 is 0 Å². The molecule has 0 fully saturated rings. The number of aryl methyl sites for hydroxylation is 2. The van der Waals surface area contributed by atoms with Crippen molar-refractivity contribution in [3.63, 3.8) is 0 Å². The normalized spacial score (nSPS) is 17.4. The summed E-state index contributed by atoms with van der Waals surface area (Å²) in [6, 6.07) is 25.9. The van der Waals surface area contributed by atoms with Gasteiger partial charge in [0.15, 0.2) is 0 Å². The molecule has 1 aliphatic rings. The molecule has 3 heterocycles. The molecule has 1 aliphatic carbocycles. The van der Waals surface area contributed by atoms with Gasteiger partial charge in [0.25, 0.3) is 0 Å². The number of unbranched alkanes of at least 4 members (excludes halogenated alkanes) is 1. The number of nitrogens with zero attached hydrogens (tertiary/aromatic N) is 4. The minimum Gasteiger partial charge on any atom is -0.457 e. The van der Waals surface area contributed by atoms with Gasteiger partial charge in [0.05, 0.1) is 22.4 Å². The molecule has 7 rings (SSSR count). The maximum Gasteiger partial charge on any atom is 0.137 e. The second-order valence-corrected chi connectivity index (χ2v) is 15.6. The lowest BCUT2D eigenvalue weighted by Gasteiger charge is -2.33. The van der Waals surface area contributed by atoms with Gasteiger partial charge in [-0.05, 0) is 111 Å². The molecule has 0 spiro atoms. The Morgan fingerprint density at radius 3 is 2.40 bits per heavy atom. The van der Waals surface area contributed by atoms with Gasteiger partial charge in [-0.3, -0.25) is 4.57 Å². The third-order valence-electron chi connectivity index (χ3n) is 11.1. The van der Waals surface area contributed by atoms with Crippen LogP contribution >= 0.6 is 0 Å². The Balaban J connectivity index is 1.34. The predicted molar refractivity (Wildman–Crippen MR) is 223 cm³/mol. The van der Waals surface area contributed by atoms with Gasteiger partial charge in [0.1, 0.15) is 17.3 Å². The van der Waals surface area contributed by atoms with E-state index in [2.05, 4.69) is 143 Å². The van der Waals surface area contributed by atoms with Crippen LogP contribution in [-0.2, 0) is 19.3 Å². The van der Waals surface area contributed by atoms with E-state index >= 15 is 0 Å². The van der Waals surface area contributed by atoms with Crippen LogP contribution in [0.4, 0.5) is 0 Å². The number of fused-ring (bicyclic) bond motifs is 3. The van der Waals surface area contributed by atoms with Gasteiger partial charge in [-0.15, -0.1) is 0 Å². The number of rotatable bonds is 13. The summed E-state index contributed by atoms with van der Waals surface area (Å²) >= 11 is 0. The maximum atomic E-state index is 6.82. The number of pyridine rings is 1. The molecular formula is C48H56N4O. The van der Waals surface area contributed by atoms with Crippen molar-refractivity contribution in [1.82, 2.24) is 19.3 Å². The van der Waals surface area contributed by atoms with E-state index < -0.39 is 0 Å². The number of allylic oxidation sites excluding steroid dienone is 3. The SMILES string of the molecule is C=C(C)c1cc(Oc2ccc3c4ccccc4n(-c4cc(CCCC)ccn4)c3c2)cc(-n2nc(CCC)c(C3C(C)=C[C@H](C)C[C@@H]3C)c2CCC)c1. The van der Waals surface area contributed by atoms with Crippen molar-refractivity contribution < 1.29 is 4.74 Å². The minimum atomic E-state index is 0.392. The highest BCUT2D eigenvalue weighted by atomic mass is 16.5. The Kier molecular flexibility index (Phi) is 10.7. The molecule has 5 nitrogen and oxygen atoms in total. The van der Waals surface area contributed by atoms with E-state index in [0.29, 0.717) is 17.8 Å². The molecule has 3 aromatic carbocycles. The van der Waals surface area contributed by atoms with Crippen LogP contribution in [0.2, 0.25) is 0 Å². The molecule has 5 heteroatoms. The van der Waals surface area contributed by atoms with Gasteiger partial charge in [0.2, 0.25) is 0 Å². The summed E-state index contributed by atoms with van der Waals surface area (Å²) in [4.78, 5) is 4.87. The molecule has 0 saturated heterocycles. The second kappa shape index (κ2) is 15.6. The predicted octanol–water partition coefficient (Wildman–Crippen LogP) is 13.1. The molecule has 1 unspecified atom stereocenters. The van der Waals surface area contributed by atoms with E-state index in [4.69, 9.17) is 14.8 Å². The molecule has 0 bridgehead atoms. The fraction of sp³-hybridized carbons (Fsp3) is 0.375. The highest BCUT2D eigenvalue weighted by molar-refractivity contribution is 6.09. The molecule has 0 amide bonds. The third kappa shape index (κ3) is 7.23. The van der Waals surface area contributed by atoms with Gasteiger partial charge in [-0.2, -0.15) is 5.10 Å². The first-order valence-electron chi connectivity index (χ1n) is 20.0. The number of benzene rings is 3. The van der Waals surface area contributed by atoms with E-state index in [-0.39, 0.29) is 0 Å². The first kappa shape index (κ1) is 36.5. The van der Waals surface area contributed by atoms with E-state index in [9.17, 15) is 0 Å². The van der Waals surface area contributed by atoms with Crippen molar-refractivity contribution in [1.29, 1.82) is 0 Å². The Morgan fingerprint density at radius 1 is 0.849 bits per heavy atom. The molecule has 3 atom stereocenters. The lowest BCUT2D eigenvalue weighted by atomic mass is 9.72. The summed E-state index contributed by atoms with van der Waals surface area (Å²) in [5.41, 5.74) is 12.1. The molecule has 274 valence electrons. The first-order valence-corrected chi connectivity index (χ1v) is 20.0. The van der Waals surface area contributed by atoms with Gasteiger partial charge in [-0.25, -0.2) is 9.67 Å². The van der Waals surface area contributed by atoms with Crippen molar-refractivity contribution in [2.24, 2.45) is 11.8 Å². The molecule has 53 heavy (non-hydrogen) atoms. The van der Waals surface area contributed by atoms with Crippen molar-refractivity contribution in [2.45, 2.75) is 106 Å². The maximum absolute atomic E-state index is 6.82. The quantitative estimate of drug-likeness (QED) is 0.112. The van der Waals surface area contributed by atoms with E-state index in [1.807, 2.05) is 6.20 Å². The molecule has 6 aromatic rings. The standard InChI is InChI=1S/C48H56N4O/c1-9-12-17-35-22-23-49-46(26-35)51-43-19-14-13-18-40(43)41-21-20-38(30-45(41)51)53-39-28-36(31(4)5)27-37(29-39)52-44(16-11-3)48(42(50-52)15-10-2)47-33(7)24-32(6)25-34(47)8/h13-14,18-24,26-30,32,34,47H,4,9-12,15-17,25H2,1-3,5-8H3/t32-,34-,47?/m0/s1. The lowest BCUT2D eigenvalue weighted by Crippen LogP contribution is -2.21. The van der Waals surface area contributed by atoms with E-state index in [0.717, 1.165) is 83.7 Å². The smallest absolute Gasteiger partial charge is 0.137 e. The monoisotopic (exact) mass is 704 g/mol. The largest absolute Gasteiger partial charge is 0.457 e. The van der Waals surface area contributed by atoms with Crippen LogP contribution in [0.1, 0.15) is 115 Å². The Bertz CT molecular complexity index is 2300. The third-order valence-corrected chi connectivity index (χ3v) is 11.1. The lowest BCUT2D eigenvalue weighted by molar-refractivity contribution is 0.389. The molecular weight excluding hydrogens is 649 g/mol. The zero-order valence-corrected chi connectivity index (χ0v) is 32.9. The van der Waals surface area contributed by atoms with Crippen LogP contribution in [-0.4, -0.2) is 19.3 Å². The minimum absolute atomic E-state index is 0.392. The van der Waals surface area contributed by atoms with Gasteiger partial charge in [-0.1, -0.05) is 95.9 Å². The van der Waals surface area contributed by atoms with Crippen molar-refractivity contribution >= 4 is 27.4 Å². The fourth-order valence-corrected chi connectivity index (χ4v) is 8.82.